The molecule has 3 N–H and O–H groups in total. The Balaban J connectivity index is 0.00000101. The van der Waals surface area contributed by atoms with Crippen molar-refractivity contribution in [3.05, 3.63) is 48.4 Å². The van der Waals surface area contributed by atoms with E-state index in [2.05, 4.69) is 20.5 Å². The Bertz CT molecular complexity index is 780. The Labute approximate surface area is 176 Å². The average Bonchev–Trinajstić information content (AvgIpc) is 2.76. The summed E-state index contributed by atoms with van der Waals surface area (Å²) in [5.41, 5.74) is 1.57. The predicted molar refractivity (Wildman–Crippen MR) is 115 cm³/mol. The van der Waals surface area contributed by atoms with E-state index < -0.39 is 0 Å². The monoisotopic (exact) mass is 416 g/mol. The number of rotatable bonds is 7. The fourth-order valence-electron chi connectivity index (χ4n) is 3.32. The molecule has 1 fully saturated rings. The Kier molecular flexibility index (Phi) is 10.3. The fraction of sp³-hybridized carbons (Fsp3) is 0.409. The van der Waals surface area contributed by atoms with Crippen LogP contribution in [-0.4, -0.2) is 53.7 Å². The number of pyridine rings is 1. The van der Waals surface area contributed by atoms with Crippen LogP contribution >= 0.6 is 0 Å². The number of unbranched alkanes of at least 4 members (excludes halogenated alkanes) is 1. The van der Waals surface area contributed by atoms with E-state index in [-0.39, 0.29) is 18.3 Å². The zero-order valence-electron chi connectivity index (χ0n) is 17.0. The highest BCUT2D eigenvalue weighted by Gasteiger charge is 2.09. The number of aromatic nitrogens is 1. The Morgan fingerprint density at radius 2 is 1.87 bits per heavy atom. The Morgan fingerprint density at radius 3 is 2.53 bits per heavy atom. The molecule has 162 valence electrons. The van der Waals surface area contributed by atoms with Crippen LogP contribution in [0.4, 0.5) is 14.9 Å². The van der Waals surface area contributed by atoms with Crippen LogP contribution in [0.1, 0.15) is 32.1 Å². The third kappa shape index (κ3) is 8.16. The normalized spacial score (nSPS) is 13.6. The molecule has 0 atom stereocenters. The van der Waals surface area contributed by atoms with Gasteiger partial charge in [0.2, 0.25) is 0 Å². The van der Waals surface area contributed by atoms with E-state index in [1.54, 1.807) is 30.3 Å². The molecule has 7 nitrogen and oxygen atoms in total. The number of hydrogen-bond acceptors (Lipinski definition) is 4. The van der Waals surface area contributed by atoms with Gasteiger partial charge in [-0.1, -0.05) is 18.6 Å². The van der Waals surface area contributed by atoms with Gasteiger partial charge in [0.25, 0.3) is 6.47 Å². The molecule has 0 radical (unpaired) electrons. The van der Waals surface area contributed by atoms with Crippen LogP contribution in [-0.2, 0) is 4.79 Å². The number of hydrogen-bond donors (Lipinski definition) is 3. The molecule has 0 spiro atoms. The van der Waals surface area contributed by atoms with E-state index in [0.29, 0.717) is 23.5 Å². The molecule has 3 rings (SSSR count). The summed E-state index contributed by atoms with van der Waals surface area (Å²) in [7, 11) is 0. The van der Waals surface area contributed by atoms with Gasteiger partial charge in [-0.05, 0) is 69.6 Å². The zero-order valence-corrected chi connectivity index (χ0v) is 17.0. The van der Waals surface area contributed by atoms with Crippen molar-refractivity contribution in [2.24, 2.45) is 0 Å². The molecule has 1 saturated heterocycles. The second-order valence-corrected chi connectivity index (χ2v) is 7.01. The molecule has 2 heterocycles. The maximum absolute atomic E-state index is 13.8. The molecule has 0 aliphatic carbocycles. The maximum Gasteiger partial charge on any atom is 0.319 e. The molecule has 1 aromatic carbocycles. The van der Waals surface area contributed by atoms with Crippen LogP contribution in [0.5, 0.6) is 0 Å². The summed E-state index contributed by atoms with van der Waals surface area (Å²) in [5, 5.41) is 12.5. The number of amides is 2. The smallest absolute Gasteiger partial charge is 0.319 e. The number of halogens is 1. The van der Waals surface area contributed by atoms with Crippen molar-refractivity contribution < 1.29 is 19.1 Å². The van der Waals surface area contributed by atoms with Crippen molar-refractivity contribution >= 4 is 18.2 Å². The summed E-state index contributed by atoms with van der Waals surface area (Å²) in [6.45, 7) is 3.94. The topological polar surface area (TPSA) is 94.6 Å². The van der Waals surface area contributed by atoms with Crippen molar-refractivity contribution in [2.75, 3.05) is 31.5 Å². The van der Waals surface area contributed by atoms with Gasteiger partial charge in [-0.3, -0.25) is 9.78 Å². The van der Waals surface area contributed by atoms with Gasteiger partial charge >= 0.3 is 6.03 Å². The first kappa shape index (κ1) is 23.3. The van der Waals surface area contributed by atoms with Crippen LogP contribution in [0.2, 0.25) is 0 Å². The van der Waals surface area contributed by atoms with Gasteiger partial charge < -0.3 is 20.6 Å². The molecule has 8 heteroatoms. The summed E-state index contributed by atoms with van der Waals surface area (Å²) >= 11 is 0. The van der Waals surface area contributed by atoms with Crippen LogP contribution < -0.4 is 10.6 Å². The number of carboxylic acid groups (broad SMARTS) is 1. The third-order valence-electron chi connectivity index (χ3n) is 4.81. The second kappa shape index (κ2) is 13.3. The molecule has 30 heavy (non-hydrogen) atoms. The lowest BCUT2D eigenvalue weighted by Crippen LogP contribution is -2.32. The van der Waals surface area contributed by atoms with Gasteiger partial charge in [-0.15, -0.1) is 0 Å². The van der Waals surface area contributed by atoms with Crippen molar-refractivity contribution in [3.8, 4) is 11.3 Å². The molecular weight excluding hydrogens is 387 g/mol. The number of anilines is 1. The summed E-state index contributed by atoms with van der Waals surface area (Å²) in [6.07, 6.45) is 7.58. The van der Waals surface area contributed by atoms with E-state index in [4.69, 9.17) is 9.90 Å². The summed E-state index contributed by atoms with van der Waals surface area (Å²) in [5.74, 6) is -0.312. The average molecular weight is 416 g/mol. The quantitative estimate of drug-likeness (QED) is 0.469. The summed E-state index contributed by atoms with van der Waals surface area (Å²) in [6, 6.07) is 9.69. The SMILES string of the molecule is O=C(NCCCCN1CCCCC1)Nc1ccc(-c2ccccc2F)nc1.O=CO. The number of likely N-dealkylation sites (tertiary alicyclic amines) is 1. The van der Waals surface area contributed by atoms with Crippen LogP contribution in [0.15, 0.2) is 42.6 Å². The van der Waals surface area contributed by atoms with Gasteiger partial charge in [0, 0.05) is 12.1 Å². The molecule has 1 aliphatic heterocycles. The second-order valence-electron chi connectivity index (χ2n) is 7.01. The molecule has 0 bridgehead atoms. The number of carbonyl (C=O) groups is 2. The van der Waals surface area contributed by atoms with Gasteiger partial charge in [0.15, 0.2) is 0 Å². The lowest BCUT2D eigenvalue weighted by atomic mass is 10.1. The molecule has 2 aromatic rings. The lowest BCUT2D eigenvalue weighted by molar-refractivity contribution is -0.122. The minimum Gasteiger partial charge on any atom is -0.483 e. The van der Waals surface area contributed by atoms with Crippen LogP contribution in [0.3, 0.4) is 0 Å². The van der Waals surface area contributed by atoms with Gasteiger partial charge in [-0.2, -0.15) is 0 Å². The number of piperidine rings is 1. The van der Waals surface area contributed by atoms with E-state index in [1.165, 1.54) is 44.6 Å². The minimum atomic E-state index is -0.312. The number of nitrogens with zero attached hydrogens (tertiary/aromatic N) is 2. The van der Waals surface area contributed by atoms with E-state index in [9.17, 15) is 9.18 Å². The summed E-state index contributed by atoms with van der Waals surface area (Å²) < 4.78 is 13.8. The number of benzene rings is 1. The van der Waals surface area contributed by atoms with E-state index >= 15 is 0 Å². The Morgan fingerprint density at radius 1 is 1.13 bits per heavy atom. The molecule has 0 saturated carbocycles. The van der Waals surface area contributed by atoms with Crippen molar-refractivity contribution in [2.45, 2.75) is 32.1 Å². The molecular formula is C22H29FN4O3. The predicted octanol–water partition coefficient (Wildman–Crippen LogP) is 3.98. The summed E-state index contributed by atoms with van der Waals surface area (Å²) in [4.78, 5) is 27.1. The number of nitrogens with one attached hydrogen (secondary N) is 2. The number of carbonyl (C=O) groups excluding carboxylic acids is 1. The highest BCUT2D eigenvalue weighted by atomic mass is 19.1. The highest BCUT2D eigenvalue weighted by Crippen LogP contribution is 2.21. The highest BCUT2D eigenvalue weighted by molar-refractivity contribution is 5.89. The zero-order chi connectivity index (χ0) is 21.6. The number of urea groups is 1. The minimum absolute atomic E-state index is 0.242. The van der Waals surface area contributed by atoms with Gasteiger partial charge in [0.05, 0.1) is 17.6 Å². The fourth-order valence-corrected chi connectivity index (χ4v) is 3.32. The molecule has 0 unspecified atom stereocenters. The lowest BCUT2D eigenvalue weighted by Gasteiger charge is -2.26. The van der Waals surface area contributed by atoms with Crippen LogP contribution in [0, 0.1) is 5.82 Å². The van der Waals surface area contributed by atoms with Crippen molar-refractivity contribution in [1.82, 2.24) is 15.2 Å². The Hall–Kier alpha value is -3.00. The molecule has 1 aliphatic rings. The third-order valence-corrected chi connectivity index (χ3v) is 4.81. The largest absolute Gasteiger partial charge is 0.483 e. The maximum atomic E-state index is 13.8. The molecule has 2 amide bonds. The van der Waals surface area contributed by atoms with Gasteiger partial charge in [-0.25, -0.2) is 9.18 Å². The van der Waals surface area contributed by atoms with Crippen molar-refractivity contribution in [3.63, 3.8) is 0 Å². The standard InChI is InChI=1S/C21H27FN4O.CH2O2/c22-19-9-3-2-8-18(19)20-11-10-17(16-24-20)25-21(27)23-12-4-7-15-26-13-5-1-6-14-26;2-1-3/h2-3,8-11,16H,1,4-7,12-15H2,(H2,23,25,27);1H,(H,2,3). The van der Waals surface area contributed by atoms with Crippen molar-refractivity contribution in [1.29, 1.82) is 0 Å². The van der Waals surface area contributed by atoms with E-state index in [1.807, 2.05) is 0 Å². The van der Waals surface area contributed by atoms with Gasteiger partial charge in [0.1, 0.15) is 5.82 Å². The van der Waals surface area contributed by atoms with E-state index in [0.717, 1.165) is 19.4 Å². The molecule has 1 aromatic heterocycles. The van der Waals surface area contributed by atoms with Crippen LogP contribution in [0.25, 0.3) is 11.3 Å². The first-order valence-corrected chi connectivity index (χ1v) is 10.2. The first-order chi connectivity index (χ1) is 14.6. The first-order valence-electron chi connectivity index (χ1n) is 10.2.